The zero-order valence-corrected chi connectivity index (χ0v) is 19.4. The molecule has 1 saturated heterocycles. The summed E-state index contributed by atoms with van der Waals surface area (Å²) in [6.45, 7) is 3.94. The standard InChI is InChI=1S/C26H34N4O4/c1-18(31)24(29-26(34)22(27)16-20-9-11-21(32)12-10-20)25(33)23-17-28-13-15-30(23)14-5-8-19-6-3-2-4-7-19/h2-12,18,22-24,28,31-32H,13-17,27H2,1H3,(H,29,34)/t18-,22-,23?,24+/m0/s1. The van der Waals surface area contributed by atoms with E-state index in [9.17, 15) is 19.8 Å². The molecular formula is C26H34N4O4. The average molecular weight is 467 g/mol. The first-order chi connectivity index (χ1) is 16.3. The highest BCUT2D eigenvalue weighted by Crippen LogP contribution is 2.13. The van der Waals surface area contributed by atoms with Crippen LogP contribution < -0.4 is 16.4 Å². The van der Waals surface area contributed by atoms with E-state index in [4.69, 9.17) is 5.73 Å². The van der Waals surface area contributed by atoms with Crippen LogP contribution in [0.5, 0.6) is 5.75 Å². The quantitative estimate of drug-likeness (QED) is 0.348. The van der Waals surface area contributed by atoms with Gasteiger partial charge in [-0.2, -0.15) is 0 Å². The van der Waals surface area contributed by atoms with Crippen LogP contribution in [0.15, 0.2) is 60.7 Å². The summed E-state index contributed by atoms with van der Waals surface area (Å²) in [4.78, 5) is 28.2. The van der Waals surface area contributed by atoms with Gasteiger partial charge in [-0.1, -0.05) is 54.6 Å². The maximum absolute atomic E-state index is 13.4. The van der Waals surface area contributed by atoms with Gasteiger partial charge in [0.15, 0.2) is 5.78 Å². The van der Waals surface area contributed by atoms with E-state index in [-0.39, 0.29) is 18.0 Å². The Hall–Kier alpha value is -3.04. The number of rotatable bonds is 10. The topological polar surface area (TPSA) is 128 Å². The number of nitrogens with two attached hydrogens (primary N) is 1. The Balaban J connectivity index is 1.63. The number of nitrogens with zero attached hydrogens (tertiary/aromatic N) is 1. The van der Waals surface area contributed by atoms with Crippen LogP contribution in [0.2, 0.25) is 0 Å². The normalized spacial score (nSPS) is 19.4. The van der Waals surface area contributed by atoms with Crippen molar-refractivity contribution in [2.24, 2.45) is 5.73 Å². The highest BCUT2D eigenvalue weighted by Gasteiger charge is 2.36. The van der Waals surface area contributed by atoms with Crippen molar-refractivity contribution in [1.29, 1.82) is 0 Å². The predicted octanol–water partition coefficient (Wildman–Crippen LogP) is 0.684. The summed E-state index contributed by atoms with van der Waals surface area (Å²) in [6.07, 6.45) is 3.21. The number of carbonyl (C=O) groups is 2. The van der Waals surface area contributed by atoms with Gasteiger partial charge in [-0.25, -0.2) is 0 Å². The number of amides is 1. The Labute approximate surface area is 200 Å². The van der Waals surface area contributed by atoms with Crippen molar-refractivity contribution in [2.45, 2.75) is 37.6 Å². The van der Waals surface area contributed by atoms with Gasteiger partial charge in [-0.3, -0.25) is 14.5 Å². The van der Waals surface area contributed by atoms with E-state index in [0.717, 1.165) is 17.7 Å². The number of ketones is 1. The number of hydrogen-bond donors (Lipinski definition) is 5. The molecule has 34 heavy (non-hydrogen) atoms. The maximum Gasteiger partial charge on any atom is 0.237 e. The number of aliphatic hydroxyl groups excluding tert-OH is 1. The van der Waals surface area contributed by atoms with E-state index in [1.165, 1.54) is 19.1 Å². The molecule has 0 radical (unpaired) electrons. The number of phenols is 1. The van der Waals surface area contributed by atoms with Crippen LogP contribution in [0.3, 0.4) is 0 Å². The van der Waals surface area contributed by atoms with Gasteiger partial charge < -0.3 is 26.6 Å². The van der Waals surface area contributed by atoms with Gasteiger partial charge in [-0.05, 0) is 36.6 Å². The van der Waals surface area contributed by atoms with Gasteiger partial charge in [0.25, 0.3) is 0 Å². The SMILES string of the molecule is C[C@H](O)[C@@H](NC(=O)[C@@H](N)Cc1ccc(O)cc1)C(=O)C1CNCCN1CC=Cc1ccccc1. The number of nitrogens with one attached hydrogen (secondary N) is 2. The molecule has 6 N–H and O–H groups in total. The third-order valence-corrected chi connectivity index (χ3v) is 5.95. The molecule has 2 aromatic carbocycles. The number of aromatic hydroxyl groups is 1. The van der Waals surface area contributed by atoms with Gasteiger partial charge in [0.2, 0.25) is 5.91 Å². The second-order valence-corrected chi connectivity index (χ2v) is 8.63. The Morgan fingerprint density at radius 2 is 1.91 bits per heavy atom. The minimum Gasteiger partial charge on any atom is -0.508 e. The minimum atomic E-state index is -1.07. The second-order valence-electron chi connectivity index (χ2n) is 8.63. The molecule has 4 atom stereocenters. The van der Waals surface area contributed by atoms with Crippen molar-refractivity contribution in [3.63, 3.8) is 0 Å². The number of phenolic OH excluding ortho intramolecular Hbond substituents is 1. The van der Waals surface area contributed by atoms with Crippen molar-refractivity contribution in [3.05, 3.63) is 71.8 Å². The molecule has 1 fully saturated rings. The van der Waals surface area contributed by atoms with Gasteiger partial charge in [0.1, 0.15) is 11.8 Å². The first-order valence-corrected chi connectivity index (χ1v) is 11.6. The van der Waals surface area contributed by atoms with Crippen molar-refractivity contribution >= 4 is 17.8 Å². The molecule has 1 unspecified atom stereocenters. The molecule has 1 aliphatic rings. The second kappa shape index (κ2) is 12.4. The van der Waals surface area contributed by atoms with Crippen molar-refractivity contribution in [2.75, 3.05) is 26.2 Å². The van der Waals surface area contributed by atoms with Gasteiger partial charge in [0, 0.05) is 26.2 Å². The summed E-state index contributed by atoms with van der Waals surface area (Å²) >= 11 is 0. The van der Waals surface area contributed by atoms with Crippen LogP contribution in [0, 0.1) is 0 Å². The summed E-state index contributed by atoms with van der Waals surface area (Å²) in [5.41, 5.74) is 7.93. The van der Waals surface area contributed by atoms with Crippen LogP contribution in [0.1, 0.15) is 18.1 Å². The van der Waals surface area contributed by atoms with Gasteiger partial charge in [0.05, 0.1) is 18.2 Å². The highest BCUT2D eigenvalue weighted by atomic mass is 16.3. The molecular weight excluding hydrogens is 432 g/mol. The molecule has 3 rings (SSSR count). The number of Topliss-reactive ketones (excluding diaryl/α,β-unsaturated/α-hetero) is 1. The van der Waals surface area contributed by atoms with Crippen LogP contribution in [-0.2, 0) is 16.0 Å². The monoisotopic (exact) mass is 466 g/mol. The molecule has 1 heterocycles. The molecule has 0 spiro atoms. The molecule has 1 amide bonds. The number of carbonyl (C=O) groups excluding carboxylic acids is 2. The van der Waals surface area contributed by atoms with Crippen LogP contribution in [0.25, 0.3) is 6.08 Å². The molecule has 1 aliphatic heterocycles. The summed E-state index contributed by atoms with van der Waals surface area (Å²) in [5, 5.41) is 25.6. The van der Waals surface area contributed by atoms with E-state index in [1.54, 1.807) is 12.1 Å². The van der Waals surface area contributed by atoms with E-state index >= 15 is 0 Å². The molecule has 0 saturated carbocycles. The lowest BCUT2D eigenvalue weighted by Gasteiger charge is -2.37. The fourth-order valence-corrected chi connectivity index (χ4v) is 4.01. The molecule has 0 aromatic heterocycles. The molecule has 0 bridgehead atoms. The highest BCUT2D eigenvalue weighted by molar-refractivity contribution is 5.94. The molecule has 182 valence electrons. The van der Waals surface area contributed by atoms with E-state index in [0.29, 0.717) is 19.6 Å². The number of piperazine rings is 1. The molecule has 0 aliphatic carbocycles. The van der Waals surface area contributed by atoms with Crippen LogP contribution in [0.4, 0.5) is 0 Å². The number of benzene rings is 2. The third-order valence-electron chi connectivity index (χ3n) is 5.95. The number of hydrogen-bond acceptors (Lipinski definition) is 7. The minimum absolute atomic E-state index is 0.130. The van der Waals surface area contributed by atoms with E-state index < -0.39 is 30.1 Å². The van der Waals surface area contributed by atoms with Crippen LogP contribution >= 0.6 is 0 Å². The molecule has 8 nitrogen and oxygen atoms in total. The Morgan fingerprint density at radius 1 is 1.21 bits per heavy atom. The zero-order valence-electron chi connectivity index (χ0n) is 19.4. The number of aliphatic hydroxyl groups is 1. The zero-order chi connectivity index (χ0) is 24.5. The third kappa shape index (κ3) is 7.23. The Kier molecular flexibility index (Phi) is 9.35. The van der Waals surface area contributed by atoms with Gasteiger partial charge >= 0.3 is 0 Å². The Morgan fingerprint density at radius 3 is 2.59 bits per heavy atom. The fraction of sp³-hybridized carbons (Fsp3) is 0.385. The van der Waals surface area contributed by atoms with Crippen molar-refractivity contribution in [3.8, 4) is 5.75 Å². The summed E-state index contributed by atoms with van der Waals surface area (Å²) < 4.78 is 0. The lowest BCUT2D eigenvalue weighted by Crippen LogP contribution is -2.62. The average Bonchev–Trinajstić information content (AvgIpc) is 2.84. The van der Waals surface area contributed by atoms with E-state index in [1.807, 2.05) is 42.5 Å². The van der Waals surface area contributed by atoms with Crippen LogP contribution in [-0.4, -0.2) is 77.2 Å². The lowest BCUT2D eigenvalue weighted by molar-refractivity contribution is -0.134. The molecule has 8 heteroatoms. The summed E-state index contributed by atoms with van der Waals surface area (Å²) in [7, 11) is 0. The lowest BCUT2D eigenvalue weighted by atomic mass is 9.97. The first kappa shape index (κ1) is 25.6. The van der Waals surface area contributed by atoms with Crippen molar-refractivity contribution in [1.82, 2.24) is 15.5 Å². The Bertz CT molecular complexity index is 963. The maximum atomic E-state index is 13.4. The van der Waals surface area contributed by atoms with E-state index in [2.05, 4.69) is 15.5 Å². The summed E-state index contributed by atoms with van der Waals surface area (Å²) in [5.74, 6) is -0.627. The predicted molar refractivity (Wildman–Crippen MR) is 132 cm³/mol. The first-order valence-electron chi connectivity index (χ1n) is 11.6. The molecule has 2 aromatic rings. The van der Waals surface area contributed by atoms with Crippen molar-refractivity contribution < 1.29 is 19.8 Å². The smallest absolute Gasteiger partial charge is 0.237 e. The summed E-state index contributed by atoms with van der Waals surface area (Å²) in [6, 6.07) is 13.9. The fourth-order valence-electron chi connectivity index (χ4n) is 4.01. The van der Waals surface area contributed by atoms with Gasteiger partial charge in [-0.15, -0.1) is 0 Å². The largest absolute Gasteiger partial charge is 0.508 e.